The van der Waals surface area contributed by atoms with Crippen LogP contribution in [0, 0.1) is 11.8 Å². The summed E-state index contributed by atoms with van der Waals surface area (Å²) in [4.78, 5) is 18.7. The van der Waals surface area contributed by atoms with Gasteiger partial charge < -0.3 is 16.0 Å². The number of nitrogens with one attached hydrogen (secondary N) is 1. The summed E-state index contributed by atoms with van der Waals surface area (Å²) in [7, 11) is 0. The number of nitrogens with zero attached hydrogens (tertiary/aromatic N) is 2. The molecule has 0 aliphatic carbocycles. The van der Waals surface area contributed by atoms with Gasteiger partial charge >= 0.3 is 0 Å². The van der Waals surface area contributed by atoms with Crippen LogP contribution in [-0.2, 0) is 0 Å². The van der Waals surface area contributed by atoms with Crippen molar-refractivity contribution in [2.45, 2.75) is 26.7 Å². The van der Waals surface area contributed by atoms with Crippen molar-refractivity contribution in [3.8, 4) is 0 Å². The zero-order chi connectivity index (χ0) is 15.2. The molecule has 1 aromatic rings. The molecule has 1 unspecified atom stereocenters. The molecule has 0 radical (unpaired) electrons. The van der Waals surface area contributed by atoms with Gasteiger partial charge in [0.05, 0.1) is 5.56 Å². The van der Waals surface area contributed by atoms with Crippen molar-refractivity contribution in [3.63, 3.8) is 0 Å². The lowest BCUT2D eigenvalue weighted by molar-refractivity contribution is 0.0948. The summed E-state index contributed by atoms with van der Waals surface area (Å²) in [6, 6.07) is 3.79. The Bertz CT molecular complexity index is 452. The van der Waals surface area contributed by atoms with E-state index in [1.807, 2.05) is 19.1 Å². The standard InChI is InChI=1S/C16H26N4O/c1-12-5-7-20(8-6-12)15-4-3-14(11-18-15)16(21)19-10-13(2)9-17/h3-4,11-13H,5-10,17H2,1-2H3,(H,19,21). The molecule has 2 heterocycles. The Kier molecular flexibility index (Phi) is 5.56. The van der Waals surface area contributed by atoms with Crippen molar-refractivity contribution in [2.75, 3.05) is 31.1 Å². The number of hydrogen-bond donors (Lipinski definition) is 2. The maximum absolute atomic E-state index is 12.0. The Morgan fingerprint density at radius 3 is 2.76 bits per heavy atom. The topological polar surface area (TPSA) is 71.2 Å². The van der Waals surface area contributed by atoms with E-state index in [-0.39, 0.29) is 11.8 Å². The van der Waals surface area contributed by atoms with Crippen LogP contribution in [0.2, 0.25) is 0 Å². The third kappa shape index (κ3) is 4.43. The lowest BCUT2D eigenvalue weighted by Crippen LogP contribution is -2.33. The lowest BCUT2D eigenvalue weighted by atomic mass is 9.99. The summed E-state index contributed by atoms with van der Waals surface area (Å²) >= 11 is 0. The Morgan fingerprint density at radius 1 is 1.48 bits per heavy atom. The maximum Gasteiger partial charge on any atom is 0.252 e. The molecular formula is C16H26N4O. The Labute approximate surface area is 126 Å². The molecule has 1 aromatic heterocycles. The van der Waals surface area contributed by atoms with Gasteiger partial charge in [0.2, 0.25) is 0 Å². The van der Waals surface area contributed by atoms with Gasteiger partial charge in [0, 0.05) is 25.8 Å². The predicted molar refractivity (Wildman–Crippen MR) is 85.4 cm³/mol. The van der Waals surface area contributed by atoms with E-state index in [4.69, 9.17) is 5.73 Å². The summed E-state index contributed by atoms with van der Waals surface area (Å²) in [6.07, 6.45) is 4.08. The van der Waals surface area contributed by atoms with Crippen LogP contribution in [0.25, 0.3) is 0 Å². The fraction of sp³-hybridized carbons (Fsp3) is 0.625. The van der Waals surface area contributed by atoms with Crippen molar-refractivity contribution >= 4 is 11.7 Å². The highest BCUT2D eigenvalue weighted by molar-refractivity contribution is 5.94. The average Bonchev–Trinajstić information content (AvgIpc) is 2.53. The van der Waals surface area contributed by atoms with E-state index in [1.165, 1.54) is 12.8 Å². The van der Waals surface area contributed by atoms with Crippen LogP contribution in [0.15, 0.2) is 18.3 Å². The van der Waals surface area contributed by atoms with Gasteiger partial charge in [0.1, 0.15) is 5.82 Å². The average molecular weight is 290 g/mol. The summed E-state index contributed by atoms with van der Waals surface area (Å²) in [5.74, 6) is 1.97. The Balaban J connectivity index is 1.91. The van der Waals surface area contributed by atoms with Crippen LogP contribution in [0.4, 0.5) is 5.82 Å². The fourth-order valence-electron chi connectivity index (χ4n) is 2.40. The van der Waals surface area contributed by atoms with Crippen molar-refractivity contribution in [1.29, 1.82) is 0 Å². The first-order valence-electron chi connectivity index (χ1n) is 7.79. The van der Waals surface area contributed by atoms with Crippen LogP contribution < -0.4 is 16.0 Å². The van der Waals surface area contributed by atoms with Crippen molar-refractivity contribution in [1.82, 2.24) is 10.3 Å². The number of carbonyl (C=O) groups is 1. The third-order valence-electron chi connectivity index (χ3n) is 4.13. The van der Waals surface area contributed by atoms with Gasteiger partial charge in [-0.15, -0.1) is 0 Å². The molecule has 1 amide bonds. The number of carbonyl (C=O) groups excluding carboxylic acids is 1. The van der Waals surface area contributed by atoms with Gasteiger partial charge in [-0.05, 0) is 43.4 Å². The number of piperidine rings is 1. The molecule has 3 N–H and O–H groups in total. The number of hydrogen-bond acceptors (Lipinski definition) is 4. The third-order valence-corrected chi connectivity index (χ3v) is 4.13. The summed E-state index contributed by atoms with van der Waals surface area (Å²) in [5, 5.41) is 2.88. The zero-order valence-electron chi connectivity index (χ0n) is 13.0. The molecular weight excluding hydrogens is 264 g/mol. The van der Waals surface area contributed by atoms with E-state index < -0.39 is 0 Å². The minimum absolute atomic E-state index is 0.0818. The number of amides is 1. The fourth-order valence-corrected chi connectivity index (χ4v) is 2.40. The molecule has 5 nitrogen and oxygen atoms in total. The molecule has 1 saturated heterocycles. The molecule has 0 bridgehead atoms. The van der Waals surface area contributed by atoms with E-state index in [9.17, 15) is 4.79 Å². The van der Waals surface area contributed by atoms with Crippen LogP contribution in [0.5, 0.6) is 0 Å². The molecule has 1 aliphatic rings. The minimum atomic E-state index is -0.0818. The Morgan fingerprint density at radius 2 is 2.19 bits per heavy atom. The SMILES string of the molecule is CC1CCN(c2ccc(C(=O)NCC(C)CN)cn2)CC1. The second-order valence-electron chi connectivity index (χ2n) is 6.13. The zero-order valence-corrected chi connectivity index (χ0v) is 13.0. The van der Waals surface area contributed by atoms with Crippen molar-refractivity contribution < 1.29 is 4.79 Å². The smallest absolute Gasteiger partial charge is 0.252 e. The number of anilines is 1. The van der Waals surface area contributed by atoms with Crippen molar-refractivity contribution in [3.05, 3.63) is 23.9 Å². The molecule has 2 rings (SSSR count). The van der Waals surface area contributed by atoms with Gasteiger partial charge in [0.15, 0.2) is 0 Å². The van der Waals surface area contributed by atoms with Crippen LogP contribution in [-0.4, -0.2) is 37.1 Å². The van der Waals surface area contributed by atoms with Gasteiger partial charge in [-0.2, -0.15) is 0 Å². The van der Waals surface area contributed by atoms with Crippen LogP contribution >= 0.6 is 0 Å². The Hall–Kier alpha value is -1.62. The van der Waals surface area contributed by atoms with Crippen LogP contribution in [0.1, 0.15) is 37.0 Å². The number of nitrogens with two attached hydrogens (primary N) is 1. The molecule has 116 valence electrons. The molecule has 5 heteroatoms. The van der Waals surface area contributed by atoms with E-state index in [2.05, 4.69) is 22.1 Å². The second-order valence-corrected chi connectivity index (χ2v) is 6.13. The number of aromatic nitrogens is 1. The van der Waals surface area contributed by atoms with Gasteiger partial charge in [0.25, 0.3) is 5.91 Å². The highest BCUT2D eigenvalue weighted by atomic mass is 16.1. The molecule has 1 atom stereocenters. The number of pyridine rings is 1. The molecule has 1 aliphatic heterocycles. The predicted octanol–water partition coefficient (Wildman–Crippen LogP) is 1.64. The molecule has 0 aromatic carbocycles. The molecule has 0 saturated carbocycles. The highest BCUT2D eigenvalue weighted by Crippen LogP contribution is 2.21. The maximum atomic E-state index is 12.0. The summed E-state index contributed by atoms with van der Waals surface area (Å²) in [6.45, 7) is 7.58. The van der Waals surface area contributed by atoms with Crippen molar-refractivity contribution in [2.24, 2.45) is 17.6 Å². The largest absolute Gasteiger partial charge is 0.357 e. The first kappa shape index (κ1) is 15.8. The molecule has 21 heavy (non-hydrogen) atoms. The van der Waals surface area contributed by atoms with E-state index in [0.717, 1.165) is 24.8 Å². The van der Waals surface area contributed by atoms with Crippen LogP contribution in [0.3, 0.4) is 0 Å². The van der Waals surface area contributed by atoms with Gasteiger partial charge in [-0.3, -0.25) is 4.79 Å². The summed E-state index contributed by atoms with van der Waals surface area (Å²) < 4.78 is 0. The second kappa shape index (κ2) is 7.41. The molecule has 0 spiro atoms. The lowest BCUT2D eigenvalue weighted by Gasteiger charge is -2.31. The normalized spacial score (nSPS) is 17.6. The highest BCUT2D eigenvalue weighted by Gasteiger charge is 2.17. The van der Waals surface area contributed by atoms with E-state index in [1.54, 1.807) is 6.20 Å². The monoisotopic (exact) mass is 290 g/mol. The van der Waals surface area contributed by atoms with E-state index >= 15 is 0 Å². The van der Waals surface area contributed by atoms with Gasteiger partial charge in [-0.25, -0.2) is 4.98 Å². The number of rotatable bonds is 5. The van der Waals surface area contributed by atoms with E-state index in [0.29, 0.717) is 18.7 Å². The summed E-state index contributed by atoms with van der Waals surface area (Å²) in [5.41, 5.74) is 6.14. The van der Waals surface area contributed by atoms with Gasteiger partial charge in [-0.1, -0.05) is 13.8 Å². The minimum Gasteiger partial charge on any atom is -0.357 e. The quantitative estimate of drug-likeness (QED) is 0.865. The molecule has 1 fully saturated rings. The first-order chi connectivity index (χ1) is 10.1. The first-order valence-corrected chi connectivity index (χ1v) is 7.79.